The van der Waals surface area contributed by atoms with Crippen LogP contribution in [0.3, 0.4) is 0 Å². The van der Waals surface area contributed by atoms with E-state index >= 15 is 0 Å². The lowest BCUT2D eigenvalue weighted by Crippen LogP contribution is -2.06. The Morgan fingerprint density at radius 1 is 1.04 bits per heavy atom. The number of rotatable bonds is 6. The molecule has 0 unspecified atom stereocenters. The smallest absolute Gasteiger partial charge is 0.340 e. The van der Waals surface area contributed by atoms with Crippen LogP contribution in [0.4, 0.5) is 0 Å². The van der Waals surface area contributed by atoms with Gasteiger partial charge >= 0.3 is 5.97 Å². The normalized spacial score (nSPS) is 10.8. The van der Waals surface area contributed by atoms with Crippen LogP contribution in [-0.2, 0) is 11.3 Å². The fourth-order valence-corrected chi connectivity index (χ4v) is 2.71. The van der Waals surface area contributed by atoms with Gasteiger partial charge in [-0.25, -0.2) is 4.79 Å². The largest absolute Gasteiger partial charge is 0.462 e. The van der Waals surface area contributed by atoms with Crippen LogP contribution in [0.25, 0.3) is 10.9 Å². The zero-order valence-corrected chi connectivity index (χ0v) is 13.4. The van der Waals surface area contributed by atoms with E-state index in [2.05, 4.69) is 23.6 Å². The molecule has 118 valence electrons. The molecule has 23 heavy (non-hydrogen) atoms. The molecule has 0 N–H and O–H groups in total. The van der Waals surface area contributed by atoms with Crippen LogP contribution in [0.2, 0.25) is 0 Å². The number of fused-ring (bicyclic) bond motifs is 1. The standard InChI is InChI=1S/C20H21NO2/c1-2-3-13-23-20(22)18-15-21(14-16-9-5-4-6-10-16)19-12-8-7-11-17(18)19/h4-12,15H,2-3,13-14H2,1H3. The Balaban J connectivity index is 1.92. The van der Waals surface area contributed by atoms with E-state index in [9.17, 15) is 4.79 Å². The number of hydrogen-bond acceptors (Lipinski definition) is 2. The molecule has 0 atom stereocenters. The third-order valence-corrected chi connectivity index (χ3v) is 3.94. The van der Waals surface area contributed by atoms with Crippen molar-refractivity contribution in [2.75, 3.05) is 6.61 Å². The highest BCUT2D eigenvalue weighted by Crippen LogP contribution is 2.23. The monoisotopic (exact) mass is 307 g/mol. The molecule has 1 aromatic heterocycles. The number of hydrogen-bond donors (Lipinski definition) is 0. The molecule has 2 aromatic carbocycles. The van der Waals surface area contributed by atoms with Gasteiger partial charge in [0.1, 0.15) is 0 Å². The Morgan fingerprint density at radius 3 is 2.57 bits per heavy atom. The quantitative estimate of drug-likeness (QED) is 0.490. The van der Waals surface area contributed by atoms with Gasteiger partial charge in [0.25, 0.3) is 0 Å². The first-order valence-corrected chi connectivity index (χ1v) is 8.08. The van der Waals surface area contributed by atoms with Gasteiger partial charge in [-0.1, -0.05) is 61.9 Å². The lowest BCUT2D eigenvalue weighted by Gasteiger charge is -2.05. The number of para-hydroxylation sites is 1. The van der Waals surface area contributed by atoms with Crippen molar-refractivity contribution in [1.29, 1.82) is 0 Å². The van der Waals surface area contributed by atoms with Gasteiger partial charge in [0.2, 0.25) is 0 Å². The molecule has 3 heteroatoms. The average Bonchev–Trinajstić information content (AvgIpc) is 2.95. The molecule has 3 nitrogen and oxygen atoms in total. The first-order chi connectivity index (χ1) is 11.3. The molecule has 0 radical (unpaired) electrons. The van der Waals surface area contributed by atoms with Crippen molar-refractivity contribution in [3.05, 3.63) is 71.9 Å². The van der Waals surface area contributed by atoms with Gasteiger partial charge < -0.3 is 9.30 Å². The van der Waals surface area contributed by atoms with Gasteiger partial charge in [-0.3, -0.25) is 0 Å². The second-order valence-corrected chi connectivity index (χ2v) is 5.66. The van der Waals surface area contributed by atoms with Crippen molar-refractivity contribution >= 4 is 16.9 Å². The molecule has 0 aliphatic heterocycles. The van der Waals surface area contributed by atoms with Crippen molar-refractivity contribution in [1.82, 2.24) is 4.57 Å². The van der Waals surface area contributed by atoms with Crippen LogP contribution in [-0.4, -0.2) is 17.1 Å². The van der Waals surface area contributed by atoms with E-state index in [-0.39, 0.29) is 5.97 Å². The number of carbonyl (C=O) groups is 1. The fourth-order valence-electron chi connectivity index (χ4n) is 2.71. The van der Waals surface area contributed by atoms with Crippen LogP contribution in [0.5, 0.6) is 0 Å². The molecular formula is C20H21NO2. The van der Waals surface area contributed by atoms with Crippen molar-refractivity contribution < 1.29 is 9.53 Å². The summed E-state index contributed by atoms with van der Waals surface area (Å²) in [4.78, 5) is 12.4. The SMILES string of the molecule is CCCCOC(=O)c1cn(Cc2ccccc2)c2ccccc12. The molecule has 3 aromatic rings. The van der Waals surface area contributed by atoms with Crippen molar-refractivity contribution in [3.8, 4) is 0 Å². The summed E-state index contributed by atoms with van der Waals surface area (Å²) in [6.45, 7) is 3.30. The topological polar surface area (TPSA) is 31.2 Å². The number of aromatic nitrogens is 1. The molecule has 0 spiro atoms. The molecule has 1 heterocycles. The average molecular weight is 307 g/mol. The van der Waals surface area contributed by atoms with E-state index in [1.807, 2.05) is 48.7 Å². The summed E-state index contributed by atoms with van der Waals surface area (Å²) in [6, 6.07) is 18.2. The zero-order chi connectivity index (χ0) is 16.1. The van der Waals surface area contributed by atoms with Crippen LogP contribution in [0, 0.1) is 0 Å². The predicted octanol–water partition coefficient (Wildman–Crippen LogP) is 4.65. The Hall–Kier alpha value is -2.55. The fraction of sp³-hybridized carbons (Fsp3) is 0.250. The Kier molecular flexibility index (Phi) is 4.77. The van der Waals surface area contributed by atoms with Gasteiger partial charge in [0.15, 0.2) is 0 Å². The van der Waals surface area contributed by atoms with Crippen LogP contribution in [0.1, 0.15) is 35.7 Å². The van der Waals surface area contributed by atoms with E-state index in [1.54, 1.807) is 0 Å². The molecule has 0 saturated carbocycles. The summed E-state index contributed by atoms with van der Waals surface area (Å²) in [5, 5.41) is 0.949. The number of unbranched alkanes of at least 4 members (excludes halogenated alkanes) is 1. The minimum atomic E-state index is -0.235. The highest BCUT2D eigenvalue weighted by Gasteiger charge is 2.16. The molecule has 0 fully saturated rings. The third kappa shape index (κ3) is 3.45. The zero-order valence-electron chi connectivity index (χ0n) is 13.4. The second-order valence-electron chi connectivity index (χ2n) is 5.66. The van der Waals surface area contributed by atoms with E-state index in [4.69, 9.17) is 4.74 Å². The number of carbonyl (C=O) groups excluding carboxylic acids is 1. The molecular weight excluding hydrogens is 286 g/mol. The molecule has 0 aliphatic carbocycles. The maximum absolute atomic E-state index is 12.4. The first kappa shape index (κ1) is 15.3. The van der Waals surface area contributed by atoms with E-state index in [0.29, 0.717) is 12.2 Å². The molecule has 0 aliphatic rings. The van der Waals surface area contributed by atoms with Gasteiger partial charge in [-0.15, -0.1) is 0 Å². The number of nitrogens with zero attached hydrogens (tertiary/aromatic N) is 1. The maximum Gasteiger partial charge on any atom is 0.340 e. The van der Waals surface area contributed by atoms with Crippen LogP contribution >= 0.6 is 0 Å². The summed E-state index contributed by atoms with van der Waals surface area (Å²) in [6.07, 6.45) is 3.82. The Bertz CT molecular complexity index is 790. The van der Waals surface area contributed by atoms with Gasteiger partial charge in [-0.2, -0.15) is 0 Å². The summed E-state index contributed by atoms with van der Waals surface area (Å²) in [7, 11) is 0. The van der Waals surface area contributed by atoms with E-state index in [1.165, 1.54) is 5.56 Å². The minimum absolute atomic E-state index is 0.235. The third-order valence-electron chi connectivity index (χ3n) is 3.94. The van der Waals surface area contributed by atoms with Crippen molar-refractivity contribution in [2.24, 2.45) is 0 Å². The van der Waals surface area contributed by atoms with Gasteiger partial charge in [-0.05, 0) is 18.1 Å². The van der Waals surface area contributed by atoms with E-state index in [0.717, 1.165) is 30.3 Å². The summed E-state index contributed by atoms with van der Waals surface area (Å²) in [5.41, 5.74) is 2.91. The van der Waals surface area contributed by atoms with Crippen LogP contribution < -0.4 is 0 Å². The molecule has 0 amide bonds. The van der Waals surface area contributed by atoms with Crippen molar-refractivity contribution in [3.63, 3.8) is 0 Å². The second kappa shape index (κ2) is 7.14. The first-order valence-electron chi connectivity index (χ1n) is 8.08. The molecule has 0 bridgehead atoms. The van der Waals surface area contributed by atoms with Crippen molar-refractivity contribution in [2.45, 2.75) is 26.3 Å². The molecule has 3 rings (SSSR count). The van der Waals surface area contributed by atoms with Crippen LogP contribution in [0.15, 0.2) is 60.8 Å². The molecule has 0 saturated heterocycles. The highest BCUT2D eigenvalue weighted by atomic mass is 16.5. The van der Waals surface area contributed by atoms with E-state index < -0.39 is 0 Å². The maximum atomic E-state index is 12.4. The summed E-state index contributed by atoms with van der Waals surface area (Å²) >= 11 is 0. The number of benzene rings is 2. The minimum Gasteiger partial charge on any atom is -0.462 e. The summed E-state index contributed by atoms with van der Waals surface area (Å²) < 4.78 is 7.50. The lowest BCUT2D eigenvalue weighted by atomic mass is 10.2. The summed E-state index contributed by atoms with van der Waals surface area (Å²) in [5.74, 6) is -0.235. The predicted molar refractivity (Wildman–Crippen MR) is 92.7 cm³/mol. The Labute approximate surface area is 136 Å². The van der Waals surface area contributed by atoms with Gasteiger partial charge in [0, 0.05) is 23.6 Å². The number of esters is 1. The Morgan fingerprint density at radius 2 is 1.78 bits per heavy atom. The van der Waals surface area contributed by atoms with Gasteiger partial charge in [0.05, 0.1) is 12.2 Å². The highest BCUT2D eigenvalue weighted by molar-refractivity contribution is 6.04. The lowest BCUT2D eigenvalue weighted by molar-refractivity contribution is 0.0502. The number of ether oxygens (including phenoxy) is 1.